The van der Waals surface area contributed by atoms with Gasteiger partial charge in [0, 0.05) is 34.1 Å². The van der Waals surface area contributed by atoms with E-state index in [2.05, 4.69) is 4.98 Å². The first-order valence-corrected chi connectivity index (χ1v) is 10.9. The second-order valence-electron chi connectivity index (χ2n) is 8.07. The summed E-state index contributed by atoms with van der Waals surface area (Å²) in [5.41, 5.74) is 3.44. The number of ether oxygens (including phenoxy) is 2. The van der Waals surface area contributed by atoms with Crippen LogP contribution >= 0.6 is 11.6 Å². The van der Waals surface area contributed by atoms with E-state index in [-0.39, 0.29) is 24.8 Å². The second kappa shape index (κ2) is 8.64. The molecule has 1 amide bonds. The van der Waals surface area contributed by atoms with Crippen LogP contribution in [0.3, 0.4) is 0 Å². The summed E-state index contributed by atoms with van der Waals surface area (Å²) in [5.74, 6) is 1.03. The minimum absolute atomic E-state index is 0.138. The highest BCUT2D eigenvalue weighted by Crippen LogP contribution is 2.35. The number of carbonyl (C=O) groups is 1. The number of aromatic amines is 1. The van der Waals surface area contributed by atoms with Crippen molar-refractivity contribution in [2.75, 3.05) is 6.79 Å². The summed E-state index contributed by atoms with van der Waals surface area (Å²) in [5, 5.41) is 1.29. The molecule has 0 saturated carbocycles. The van der Waals surface area contributed by atoms with E-state index < -0.39 is 0 Å². The molecule has 6 nitrogen and oxygen atoms in total. The number of hydrogen-bond donors (Lipinski definition) is 1. The molecule has 0 bridgehead atoms. The molecule has 0 fully saturated rings. The van der Waals surface area contributed by atoms with Crippen molar-refractivity contribution in [1.82, 2.24) is 9.88 Å². The van der Waals surface area contributed by atoms with Gasteiger partial charge in [0.15, 0.2) is 11.5 Å². The average Bonchev–Trinajstić information content (AvgIpc) is 3.26. The molecule has 1 aromatic heterocycles. The summed E-state index contributed by atoms with van der Waals surface area (Å²) < 4.78 is 10.9. The number of halogens is 1. The fourth-order valence-electron chi connectivity index (χ4n) is 3.88. The molecule has 1 aliphatic heterocycles. The Morgan fingerprint density at radius 2 is 1.76 bits per heavy atom. The number of pyridine rings is 1. The number of nitrogens with one attached hydrogen (secondary N) is 1. The van der Waals surface area contributed by atoms with Crippen molar-refractivity contribution >= 4 is 28.4 Å². The summed E-state index contributed by atoms with van der Waals surface area (Å²) in [6, 6.07) is 20.2. The van der Waals surface area contributed by atoms with Gasteiger partial charge in [-0.05, 0) is 42.8 Å². The van der Waals surface area contributed by atoms with Crippen LogP contribution in [-0.4, -0.2) is 22.6 Å². The van der Waals surface area contributed by atoms with E-state index in [1.54, 1.807) is 41.3 Å². The first kappa shape index (κ1) is 21.1. The first-order valence-electron chi connectivity index (χ1n) is 10.5. The molecule has 0 unspecified atom stereocenters. The van der Waals surface area contributed by atoms with Gasteiger partial charge in [-0.3, -0.25) is 9.59 Å². The molecule has 7 heteroatoms. The molecule has 166 valence electrons. The molecule has 0 aliphatic carbocycles. The van der Waals surface area contributed by atoms with Gasteiger partial charge in [0.2, 0.25) is 6.79 Å². The van der Waals surface area contributed by atoms with Crippen molar-refractivity contribution in [3.8, 4) is 11.5 Å². The quantitative estimate of drug-likeness (QED) is 0.452. The van der Waals surface area contributed by atoms with E-state index >= 15 is 0 Å². The van der Waals surface area contributed by atoms with Gasteiger partial charge in [0.25, 0.3) is 11.5 Å². The Morgan fingerprint density at radius 1 is 1.00 bits per heavy atom. The third kappa shape index (κ3) is 4.43. The van der Waals surface area contributed by atoms with Crippen LogP contribution < -0.4 is 15.0 Å². The number of carbonyl (C=O) groups excluding carboxylic acids is 1. The number of hydrogen-bond acceptors (Lipinski definition) is 4. The van der Waals surface area contributed by atoms with Gasteiger partial charge < -0.3 is 19.4 Å². The summed E-state index contributed by atoms with van der Waals surface area (Å²) in [6.07, 6.45) is 0. The third-order valence-corrected chi connectivity index (χ3v) is 5.86. The lowest BCUT2D eigenvalue weighted by molar-refractivity contribution is 0.0729. The number of aryl methyl sites for hydroxylation is 1. The maximum Gasteiger partial charge on any atom is 0.254 e. The first-order chi connectivity index (χ1) is 16.0. The van der Waals surface area contributed by atoms with Crippen molar-refractivity contribution in [1.29, 1.82) is 0 Å². The molecular weight excluding hydrogens is 440 g/mol. The summed E-state index contributed by atoms with van der Waals surface area (Å²) >= 11 is 6.12. The Labute approximate surface area is 195 Å². The lowest BCUT2D eigenvalue weighted by atomic mass is 10.1. The van der Waals surface area contributed by atoms with E-state index in [1.165, 1.54) is 0 Å². The Hall–Kier alpha value is -3.77. The molecule has 0 radical (unpaired) electrons. The number of amides is 1. The average molecular weight is 461 g/mol. The molecule has 1 aliphatic rings. The highest BCUT2D eigenvalue weighted by Gasteiger charge is 2.20. The maximum absolute atomic E-state index is 13.4. The molecule has 0 atom stereocenters. The highest BCUT2D eigenvalue weighted by molar-refractivity contribution is 6.30. The van der Waals surface area contributed by atoms with Gasteiger partial charge in [-0.1, -0.05) is 47.5 Å². The topological polar surface area (TPSA) is 71.6 Å². The predicted molar refractivity (Wildman–Crippen MR) is 127 cm³/mol. The normalized spacial score (nSPS) is 12.2. The Kier molecular flexibility index (Phi) is 5.52. The Bertz CT molecular complexity index is 1410. The van der Waals surface area contributed by atoms with Crippen molar-refractivity contribution in [2.24, 2.45) is 0 Å². The van der Waals surface area contributed by atoms with Crippen LogP contribution in [0, 0.1) is 6.92 Å². The van der Waals surface area contributed by atoms with Crippen LogP contribution in [0.2, 0.25) is 5.02 Å². The Balaban J connectivity index is 1.52. The standard InChI is InChI=1S/C26H21ClN2O4/c1-16-5-7-17(8-6-16)13-29(26(31)18-3-2-4-21(27)10-18)14-20-9-19-11-23-24(33-15-32-23)12-22(19)28-25(20)30/h2-12H,13-15H2,1H3,(H,28,30). The highest BCUT2D eigenvalue weighted by atomic mass is 35.5. The SMILES string of the molecule is Cc1ccc(CN(Cc2cc3cc4c(cc3[nH]c2=O)OCO4)C(=O)c2cccc(Cl)c2)cc1. The number of rotatable bonds is 5. The predicted octanol–water partition coefficient (Wildman–Crippen LogP) is 5.06. The van der Waals surface area contributed by atoms with Gasteiger partial charge in [-0.25, -0.2) is 0 Å². The number of fused-ring (bicyclic) bond motifs is 2. The number of benzene rings is 3. The van der Waals surface area contributed by atoms with Gasteiger partial charge >= 0.3 is 0 Å². The molecule has 33 heavy (non-hydrogen) atoms. The monoisotopic (exact) mass is 460 g/mol. The number of aromatic nitrogens is 1. The summed E-state index contributed by atoms with van der Waals surface area (Å²) in [6.45, 7) is 2.66. The van der Waals surface area contributed by atoms with E-state index in [0.29, 0.717) is 39.7 Å². The van der Waals surface area contributed by atoms with Crippen molar-refractivity contribution in [3.63, 3.8) is 0 Å². The van der Waals surface area contributed by atoms with Crippen molar-refractivity contribution in [3.05, 3.63) is 104 Å². The smallest absolute Gasteiger partial charge is 0.254 e. The summed E-state index contributed by atoms with van der Waals surface area (Å²) in [7, 11) is 0. The van der Waals surface area contributed by atoms with Gasteiger partial charge in [-0.15, -0.1) is 0 Å². The fraction of sp³-hybridized carbons (Fsp3) is 0.154. The summed E-state index contributed by atoms with van der Waals surface area (Å²) in [4.78, 5) is 30.9. The van der Waals surface area contributed by atoms with Crippen molar-refractivity contribution in [2.45, 2.75) is 20.0 Å². The van der Waals surface area contributed by atoms with Gasteiger partial charge in [0.05, 0.1) is 12.1 Å². The molecule has 3 aromatic carbocycles. The van der Waals surface area contributed by atoms with Crippen LogP contribution in [0.15, 0.2) is 71.5 Å². The lowest BCUT2D eigenvalue weighted by Crippen LogP contribution is -2.32. The van der Waals surface area contributed by atoms with Crippen LogP contribution in [-0.2, 0) is 13.1 Å². The fourth-order valence-corrected chi connectivity index (χ4v) is 4.07. The van der Waals surface area contributed by atoms with Gasteiger partial charge in [-0.2, -0.15) is 0 Å². The third-order valence-electron chi connectivity index (χ3n) is 5.63. The zero-order chi connectivity index (χ0) is 22.9. The molecule has 0 saturated heterocycles. The van der Waals surface area contributed by atoms with Crippen LogP contribution in [0.25, 0.3) is 10.9 Å². The zero-order valence-electron chi connectivity index (χ0n) is 17.9. The molecule has 2 heterocycles. The number of nitrogens with zero attached hydrogens (tertiary/aromatic N) is 1. The van der Waals surface area contributed by atoms with Crippen LogP contribution in [0.5, 0.6) is 11.5 Å². The minimum atomic E-state index is -0.255. The van der Waals surface area contributed by atoms with Crippen molar-refractivity contribution < 1.29 is 14.3 Å². The van der Waals surface area contributed by atoms with Gasteiger partial charge in [0.1, 0.15) is 0 Å². The maximum atomic E-state index is 13.4. The zero-order valence-corrected chi connectivity index (χ0v) is 18.7. The van der Waals surface area contributed by atoms with E-state index in [1.807, 2.05) is 37.3 Å². The van der Waals surface area contributed by atoms with Crippen LogP contribution in [0.1, 0.15) is 27.0 Å². The van der Waals surface area contributed by atoms with E-state index in [0.717, 1.165) is 16.5 Å². The largest absolute Gasteiger partial charge is 0.454 e. The molecule has 1 N–H and O–H groups in total. The lowest BCUT2D eigenvalue weighted by Gasteiger charge is -2.23. The molecular formula is C26H21ClN2O4. The molecule has 5 rings (SSSR count). The van der Waals surface area contributed by atoms with Crippen LogP contribution in [0.4, 0.5) is 0 Å². The number of H-pyrrole nitrogens is 1. The molecule has 4 aromatic rings. The molecule has 0 spiro atoms. The minimum Gasteiger partial charge on any atom is -0.454 e. The van der Waals surface area contributed by atoms with E-state index in [4.69, 9.17) is 21.1 Å². The Morgan fingerprint density at radius 3 is 2.52 bits per heavy atom. The van der Waals surface area contributed by atoms with E-state index in [9.17, 15) is 9.59 Å². The second-order valence-corrected chi connectivity index (χ2v) is 8.51.